The Labute approximate surface area is 104 Å². The molecule has 0 fully saturated rings. The molecule has 2 nitrogen and oxygen atoms in total. The van der Waals surface area contributed by atoms with Gasteiger partial charge in [0, 0.05) is 4.47 Å². The molecule has 0 saturated carbocycles. The van der Waals surface area contributed by atoms with E-state index in [-0.39, 0.29) is 16.3 Å². The van der Waals surface area contributed by atoms with Gasteiger partial charge >= 0.3 is 6.18 Å². The van der Waals surface area contributed by atoms with Crippen LogP contribution in [0, 0.1) is 0 Å². The lowest BCUT2D eigenvalue weighted by Crippen LogP contribution is -2.21. The number of rotatable bonds is 3. The normalized spacial score (nSPS) is 11.2. The van der Waals surface area contributed by atoms with Crippen LogP contribution >= 0.6 is 28.1 Å². The van der Waals surface area contributed by atoms with Crippen molar-refractivity contribution in [3.05, 3.63) is 28.2 Å². The number of halogens is 4. The number of hydrogen-bond donors (Lipinski definition) is 1. The number of alkyl halides is 3. The minimum atomic E-state index is -4.39. The maximum atomic E-state index is 12.0. The minimum Gasteiger partial charge on any atom is -0.483 e. The first-order valence-corrected chi connectivity index (χ1v) is 5.28. The number of hydrogen-bond acceptors (Lipinski definition) is 2. The van der Waals surface area contributed by atoms with E-state index in [9.17, 15) is 13.2 Å². The van der Waals surface area contributed by atoms with Crippen molar-refractivity contribution >= 4 is 33.1 Å². The van der Waals surface area contributed by atoms with E-state index in [4.69, 9.17) is 18.0 Å². The van der Waals surface area contributed by atoms with Crippen molar-refractivity contribution in [1.82, 2.24) is 0 Å². The van der Waals surface area contributed by atoms with Gasteiger partial charge in [-0.25, -0.2) is 0 Å². The molecule has 7 heteroatoms. The topological polar surface area (TPSA) is 35.2 Å². The highest BCUT2D eigenvalue weighted by atomic mass is 79.9. The molecule has 0 aliphatic carbocycles. The van der Waals surface area contributed by atoms with Crippen LogP contribution < -0.4 is 10.5 Å². The summed E-state index contributed by atoms with van der Waals surface area (Å²) in [5.41, 5.74) is 5.64. The molecule has 88 valence electrons. The second kappa shape index (κ2) is 5.01. The summed E-state index contributed by atoms with van der Waals surface area (Å²) in [5, 5.41) is 0. The molecule has 1 rings (SSSR count). The van der Waals surface area contributed by atoms with Gasteiger partial charge in [-0.3, -0.25) is 0 Å². The third kappa shape index (κ3) is 3.97. The van der Waals surface area contributed by atoms with Gasteiger partial charge < -0.3 is 10.5 Å². The first-order chi connectivity index (χ1) is 7.29. The molecule has 0 unspecified atom stereocenters. The van der Waals surface area contributed by atoms with E-state index in [0.29, 0.717) is 4.47 Å². The second-order valence-corrected chi connectivity index (χ2v) is 4.26. The Morgan fingerprint density at radius 1 is 1.44 bits per heavy atom. The van der Waals surface area contributed by atoms with Gasteiger partial charge in [0.1, 0.15) is 10.7 Å². The molecule has 0 aliphatic heterocycles. The van der Waals surface area contributed by atoms with E-state index in [2.05, 4.69) is 20.7 Å². The Morgan fingerprint density at radius 3 is 2.56 bits per heavy atom. The van der Waals surface area contributed by atoms with Gasteiger partial charge in [-0.2, -0.15) is 13.2 Å². The number of benzene rings is 1. The van der Waals surface area contributed by atoms with Crippen LogP contribution in [-0.4, -0.2) is 17.8 Å². The zero-order valence-corrected chi connectivity index (χ0v) is 10.2. The van der Waals surface area contributed by atoms with Crippen molar-refractivity contribution in [2.45, 2.75) is 6.18 Å². The molecule has 0 atom stereocenters. The largest absolute Gasteiger partial charge is 0.483 e. The maximum Gasteiger partial charge on any atom is 0.422 e. The van der Waals surface area contributed by atoms with Gasteiger partial charge in [0.15, 0.2) is 6.61 Å². The monoisotopic (exact) mass is 313 g/mol. The Balaban J connectivity index is 2.91. The molecule has 0 saturated heterocycles. The van der Waals surface area contributed by atoms with Crippen LogP contribution in [0.5, 0.6) is 5.75 Å². The van der Waals surface area contributed by atoms with Crippen LogP contribution in [0.15, 0.2) is 22.7 Å². The van der Waals surface area contributed by atoms with Crippen molar-refractivity contribution in [2.24, 2.45) is 5.73 Å². The SMILES string of the molecule is NC(=S)c1cc(Br)ccc1OCC(F)(F)F. The van der Waals surface area contributed by atoms with Crippen LogP contribution in [0.25, 0.3) is 0 Å². The van der Waals surface area contributed by atoms with E-state index in [1.54, 1.807) is 6.07 Å². The van der Waals surface area contributed by atoms with Crippen LogP contribution in [0.2, 0.25) is 0 Å². The van der Waals surface area contributed by atoms with E-state index < -0.39 is 12.8 Å². The molecule has 0 amide bonds. The zero-order valence-electron chi connectivity index (χ0n) is 7.84. The second-order valence-electron chi connectivity index (χ2n) is 2.91. The van der Waals surface area contributed by atoms with Crippen LogP contribution in [-0.2, 0) is 0 Å². The van der Waals surface area contributed by atoms with E-state index in [1.165, 1.54) is 12.1 Å². The van der Waals surface area contributed by atoms with Crippen molar-refractivity contribution < 1.29 is 17.9 Å². The lowest BCUT2D eigenvalue weighted by Gasteiger charge is -2.12. The van der Waals surface area contributed by atoms with Crippen LogP contribution in [0.1, 0.15) is 5.56 Å². The predicted octanol–water partition coefficient (Wildman–Crippen LogP) is 3.02. The van der Waals surface area contributed by atoms with E-state index >= 15 is 0 Å². The summed E-state index contributed by atoms with van der Waals surface area (Å²) in [4.78, 5) is -0.0153. The first kappa shape index (κ1) is 13.2. The Bertz CT molecular complexity index is 408. The van der Waals surface area contributed by atoms with Crippen molar-refractivity contribution in [3.8, 4) is 5.75 Å². The summed E-state index contributed by atoms with van der Waals surface area (Å²) < 4.78 is 41.1. The highest BCUT2D eigenvalue weighted by Gasteiger charge is 2.28. The summed E-state index contributed by atoms with van der Waals surface area (Å²) in [6.07, 6.45) is -4.39. The molecule has 0 spiro atoms. The molecule has 0 aliphatic rings. The summed E-state index contributed by atoms with van der Waals surface area (Å²) in [5.74, 6) is 0.0213. The van der Waals surface area contributed by atoms with Gasteiger partial charge in [0.2, 0.25) is 0 Å². The average molecular weight is 314 g/mol. The number of nitrogens with two attached hydrogens (primary N) is 1. The van der Waals surface area contributed by atoms with Gasteiger partial charge in [-0.1, -0.05) is 28.1 Å². The molecule has 16 heavy (non-hydrogen) atoms. The fraction of sp³-hybridized carbons (Fsp3) is 0.222. The van der Waals surface area contributed by atoms with Crippen LogP contribution in [0.3, 0.4) is 0 Å². The summed E-state index contributed by atoms with van der Waals surface area (Å²) in [6.45, 7) is -1.37. The molecular formula is C9H7BrF3NOS. The Kier molecular flexibility index (Phi) is 4.15. The lowest BCUT2D eigenvalue weighted by atomic mass is 10.2. The smallest absolute Gasteiger partial charge is 0.422 e. The summed E-state index contributed by atoms with van der Waals surface area (Å²) >= 11 is 7.87. The average Bonchev–Trinajstić information content (AvgIpc) is 2.14. The Morgan fingerprint density at radius 2 is 2.06 bits per heavy atom. The number of thiocarbonyl (C=S) groups is 1. The van der Waals surface area contributed by atoms with Gasteiger partial charge in [-0.15, -0.1) is 0 Å². The quantitative estimate of drug-likeness (QED) is 0.871. The fourth-order valence-electron chi connectivity index (χ4n) is 0.980. The summed E-state index contributed by atoms with van der Waals surface area (Å²) in [7, 11) is 0. The molecule has 2 N–H and O–H groups in total. The predicted molar refractivity (Wildman–Crippen MR) is 61.6 cm³/mol. The van der Waals surface area contributed by atoms with Crippen LogP contribution in [0.4, 0.5) is 13.2 Å². The minimum absolute atomic E-state index is 0.0153. The van der Waals surface area contributed by atoms with Gasteiger partial charge in [0.05, 0.1) is 5.56 Å². The first-order valence-electron chi connectivity index (χ1n) is 4.08. The highest BCUT2D eigenvalue weighted by Crippen LogP contribution is 2.25. The lowest BCUT2D eigenvalue weighted by molar-refractivity contribution is -0.153. The molecule has 0 aromatic heterocycles. The van der Waals surface area contributed by atoms with E-state index in [0.717, 1.165) is 0 Å². The third-order valence-electron chi connectivity index (χ3n) is 1.60. The van der Waals surface area contributed by atoms with Crippen molar-refractivity contribution in [3.63, 3.8) is 0 Å². The third-order valence-corrected chi connectivity index (χ3v) is 2.31. The fourth-order valence-corrected chi connectivity index (χ4v) is 1.50. The maximum absolute atomic E-state index is 12.0. The zero-order chi connectivity index (χ0) is 12.3. The molecular weight excluding hydrogens is 307 g/mol. The standard InChI is InChI=1S/C9H7BrF3NOS/c10-5-1-2-7(6(3-5)8(14)16)15-4-9(11,12)13/h1-3H,4H2,(H2,14,16). The highest BCUT2D eigenvalue weighted by molar-refractivity contribution is 9.10. The van der Waals surface area contributed by atoms with Crippen molar-refractivity contribution in [1.29, 1.82) is 0 Å². The van der Waals surface area contributed by atoms with Gasteiger partial charge in [0.25, 0.3) is 0 Å². The molecule has 1 aromatic carbocycles. The molecule has 0 heterocycles. The Hall–Kier alpha value is -0.820. The molecule has 0 bridgehead atoms. The van der Waals surface area contributed by atoms with Gasteiger partial charge in [-0.05, 0) is 18.2 Å². The summed E-state index contributed by atoms with van der Waals surface area (Å²) in [6, 6.07) is 4.44. The van der Waals surface area contributed by atoms with Crippen molar-refractivity contribution in [2.75, 3.05) is 6.61 Å². The molecule has 0 radical (unpaired) electrons. The molecule has 1 aromatic rings. The van der Waals surface area contributed by atoms with E-state index in [1.807, 2.05) is 0 Å². The number of ether oxygens (including phenoxy) is 1.